The fraction of sp³-hybridized carbons (Fsp3) is 0.345. The number of hydrogen-bond acceptors (Lipinski definition) is 8. The smallest absolute Gasteiger partial charge is 0.294 e. The number of nitrogens with zero attached hydrogens (tertiary/aromatic N) is 3. The Bertz CT molecular complexity index is 1460. The normalized spacial score (nSPS) is 11.4. The monoisotopic (exact) mass is 562 g/mol. The maximum atomic E-state index is 13.4. The second-order valence-electron chi connectivity index (χ2n) is 10.0. The number of nitrogens with one attached hydrogen (secondary N) is 3. The predicted molar refractivity (Wildman–Crippen MR) is 160 cm³/mol. The fourth-order valence-electron chi connectivity index (χ4n) is 3.90. The molecule has 0 aliphatic rings. The maximum Gasteiger partial charge on any atom is 0.294 e. The van der Waals surface area contributed by atoms with Crippen LogP contribution in [0.1, 0.15) is 56.1 Å². The number of carbonyl (C=O) groups excluding carboxylic acids is 2. The van der Waals surface area contributed by atoms with E-state index in [1.807, 2.05) is 46.8 Å². The van der Waals surface area contributed by atoms with Crippen LogP contribution in [0.5, 0.6) is 0 Å². The molecule has 1 heterocycles. The number of amidine groups is 1. The molecule has 7 N–H and O–H groups in total. The van der Waals surface area contributed by atoms with E-state index in [9.17, 15) is 14.4 Å². The second-order valence-corrected chi connectivity index (χ2v) is 10.0. The summed E-state index contributed by atoms with van der Waals surface area (Å²) >= 11 is 0. The van der Waals surface area contributed by atoms with Gasteiger partial charge < -0.3 is 32.3 Å². The van der Waals surface area contributed by atoms with Gasteiger partial charge in [-0.2, -0.15) is 0 Å². The molecule has 0 radical (unpaired) electrons. The molecular weight excluding hydrogens is 524 g/mol. The van der Waals surface area contributed by atoms with Crippen LogP contribution in [0.4, 0.5) is 11.5 Å². The van der Waals surface area contributed by atoms with Gasteiger partial charge >= 0.3 is 0 Å². The van der Waals surface area contributed by atoms with Gasteiger partial charge in [0.15, 0.2) is 11.7 Å². The van der Waals surface area contributed by atoms with Crippen molar-refractivity contribution in [3.05, 3.63) is 75.7 Å². The zero-order valence-corrected chi connectivity index (χ0v) is 24.0. The first kappa shape index (κ1) is 30.7. The SMILES string of the molecule is CCO/N=C(\N)c1ccc(CNC(=O)Cn2c(-c3cc(N)cc(C(=O)NC(C)C)c3)cnc(NC(C)C)c2=O)cc1. The molecule has 0 atom stereocenters. The minimum atomic E-state index is -0.477. The highest BCUT2D eigenvalue weighted by Crippen LogP contribution is 2.23. The number of oxime groups is 1. The predicted octanol–water partition coefficient (Wildman–Crippen LogP) is 2.42. The van der Waals surface area contributed by atoms with Gasteiger partial charge in [0.1, 0.15) is 13.2 Å². The Labute approximate surface area is 239 Å². The standard InChI is InChI=1S/C29H38N8O4/c1-6-41-36-26(31)20-9-7-19(8-10-20)14-32-25(38)16-37-24(15-33-27(29(37)40)34-17(2)3)21-11-22(13-23(30)12-21)28(39)35-18(4)5/h7-13,15,17-18H,6,14,16,30H2,1-5H3,(H2,31,36)(H,32,38)(H,33,34)(H,35,39). The van der Waals surface area contributed by atoms with E-state index < -0.39 is 11.5 Å². The fourth-order valence-corrected chi connectivity index (χ4v) is 3.90. The molecule has 0 saturated carbocycles. The first-order chi connectivity index (χ1) is 19.5. The number of amides is 2. The zero-order valence-electron chi connectivity index (χ0n) is 24.0. The third-order valence-electron chi connectivity index (χ3n) is 5.75. The van der Waals surface area contributed by atoms with Gasteiger partial charge in [0.25, 0.3) is 11.5 Å². The molecule has 3 rings (SSSR count). The highest BCUT2D eigenvalue weighted by Gasteiger charge is 2.18. The number of rotatable bonds is 12. The maximum absolute atomic E-state index is 13.4. The third kappa shape index (κ3) is 8.56. The number of aromatic nitrogens is 2. The van der Waals surface area contributed by atoms with Crippen molar-refractivity contribution in [2.45, 2.75) is 59.8 Å². The van der Waals surface area contributed by atoms with Gasteiger partial charge in [-0.25, -0.2) is 4.98 Å². The minimum Gasteiger partial charge on any atom is -0.399 e. The molecule has 12 heteroatoms. The largest absolute Gasteiger partial charge is 0.399 e. The summed E-state index contributed by atoms with van der Waals surface area (Å²) in [6.07, 6.45) is 1.49. The third-order valence-corrected chi connectivity index (χ3v) is 5.75. The number of nitrogens with two attached hydrogens (primary N) is 2. The number of nitrogen functional groups attached to an aromatic ring is 1. The molecular formula is C29H38N8O4. The van der Waals surface area contributed by atoms with E-state index in [2.05, 4.69) is 26.1 Å². The lowest BCUT2D eigenvalue weighted by molar-refractivity contribution is -0.121. The van der Waals surface area contributed by atoms with Crippen molar-refractivity contribution in [3.63, 3.8) is 0 Å². The summed E-state index contributed by atoms with van der Waals surface area (Å²) in [6.45, 7) is 9.64. The molecule has 0 saturated heterocycles. The first-order valence-corrected chi connectivity index (χ1v) is 13.4. The zero-order chi connectivity index (χ0) is 30.1. The Balaban J connectivity index is 1.88. The second kappa shape index (κ2) is 14.0. The molecule has 1 aromatic heterocycles. The van der Waals surface area contributed by atoms with Crippen molar-refractivity contribution >= 4 is 29.2 Å². The highest BCUT2D eigenvalue weighted by atomic mass is 16.6. The molecule has 218 valence electrons. The van der Waals surface area contributed by atoms with Crippen LogP contribution in [0.25, 0.3) is 11.3 Å². The summed E-state index contributed by atoms with van der Waals surface area (Å²) in [4.78, 5) is 48.5. The van der Waals surface area contributed by atoms with E-state index in [0.717, 1.165) is 5.56 Å². The lowest BCUT2D eigenvalue weighted by atomic mass is 10.1. The molecule has 0 unspecified atom stereocenters. The lowest BCUT2D eigenvalue weighted by Crippen LogP contribution is -2.35. The van der Waals surface area contributed by atoms with Crippen LogP contribution in [0.3, 0.4) is 0 Å². The van der Waals surface area contributed by atoms with E-state index in [-0.39, 0.29) is 42.7 Å². The molecule has 0 aliphatic carbocycles. The molecule has 0 aliphatic heterocycles. The molecule has 41 heavy (non-hydrogen) atoms. The van der Waals surface area contributed by atoms with Crippen LogP contribution in [0, 0.1) is 0 Å². The van der Waals surface area contributed by atoms with Gasteiger partial charge in [-0.1, -0.05) is 29.4 Å². The van der Waals surface area contributed by atoms with E-state index in [0.29, 0.717) is 34.7 Å². The van der Waals surface area contributed by atoms with Crippen LogP contribution in [0.15, 0.2) is 58.6 Å². The van der Waals surface area contributed by atoms with Gasteiger partial charge in [0.05, 0.1) is 11.9 Å². The van der Waals surface area contributed by atoms with Crippen molar-refractivity contribution in [3.8, 4) is 11.3 Å². The van der Waals surface area contributed by atoms with Crippen molar-refractivity contribution in [2.24, 2.45) is 10.9 Å². The number of carbonyl (C=O) groups is 2. The van der Waals surface area contributed by atoms with Crippen molar-refractivity contribution < 1.29 is 14.4 Å². The number of anilines is 2. The van der Waals surface area contributed by atoms with Gasteiger partial charge in [-0.05, 0) is 58.4 Å². The van der Waals surface area contributed by atoms with Crippen LogP contribution in [0.2, 0.25) is 0 Å². The Morgan fingerprint density at radius 2 is 1.76 bits per heavy atom. The van der Waals surface area contributed by atoms with Crippen molar-refractivity contribution in [1.29, 1.82) is 0 Å². The van der Waals surface area contributed by atoms with Crippen LogP contribution in [-0.4, -0.2) is 45.9 Å². The van der Waals surface area contributed by atoms with Gasteiger partial charge in [0, 0.05) is 41.0 Å². The average molecular weight is 563 g/mol. The minimum absolute atomic E-state index is 0.0578. The number of benzene rings is 2. The van der Waals surface area contributed by atoms with Crippen molar-refractivity contribution in [2.75, 3.05) is 17.7 Å². The van der Waals surface area contributed by atoms with E-state index in [1.165, 1.54) is 10.8 Å². The van der Waals surface area contributed by atoms with Crippen LogP contribution in [-0.2, 0) is 22.7 Å². The molecule has 0 fully saturated rings. The molecule has 2 aromatic carbocycles. The Kier molecular flexibility index (Phi) is 10.4. The first-order valence-electron chi connectivity index (χ1n) is 13.4. The van der Waals surface area contributed by atoms with E-state index >= 15 is 0 Å². The van der Waals surface area contributed by atoms with Crippen LogP contribution >= 0.6 is 0 Å². The summed E-state index contributed by atoms with van der Waals surface area (Å²) in [5, 5.41) is 12.5. The summed E-state index contributed by atoms with van der Waals surface area (Å²) in [7, 11) is 0. The molecule has 0 bridgehead atoms. The van der Waals surface area contributed by atoms with Crippen molar-refractivity contribution in [1.82, 2.24) is 20.2 Å². The van der Waals surface area contributed by atoms with E-state index in [4.69, 9.17) is 16.3 Å². The molecule has 2 amide bonds. The van der Waals surface area contributed by atoms with Gasteiger partial charge in [-0.15, -0.1) is 0 Å². The summed E-state index contributed by atoms with van der Waals surface area (Å²) in [5.74, 6) is -0.328. The Hall–Kier alpha value is -4.87. The quantitative estimate of drug-likeness (QED) is 0.0966. The summed E-state index contributed by atoms with van der Waals surface area (Å²) < 4.78 is 1.32. The lowest BCUT2D eigenvalue weighted by Gasteiger charge is -2.17. The number of hydrogen-bond donors (Lipinski definition) is 5. The van der Waals surface area contributed by atoms with Crippen LogP contribution < -0.4 is 33.0 Å². The molecule has 0 spiro atoms. The van der Waals surface area contributed by atoms with E-state index in [1.54, 1.807) is 30.3 Å². The Morgan fingerprint density at radius 3 is 2.39 bits per heavy atom. The highest BCUT2D eigenvalue weighted by molar-refractivity contribution is 5.97. The van der Waals surface area contributed by atoms with Gasteiger partial charge in [0.2, 0.25) is 5.91 Å². The van der Waals surface area contributed by atoms with Gasteiger partial charge in [-0.3, -0.25) is 19.0 Å². The summed E-state index contributed by atoms with van der Waals surface area (Å²) in [6, 6.07) is 11.9. The Morgan fingerprint density at radius 1 is 1.05 bits per heavy atom. The summed E-state index contributed by atoms with van der Waals surface area (Å²) in [5.41, 5.74) is 14.5. The average Bonchev–Trinajstić information content (AvgIpc) is 2.92. The topological polar surface area (TPSA) is 179 Å². The molecule has 12 nitrogen and oxygen atoms in total. The molecule has 3 aromatic rings.